The molecule has 14 nitrogen and oxygen atoms in total. The van der Waals surface area contributed by atoms with E-state index in [4.69, 9.17) is 10.0 Å². The number of aromatic nitrogens is 6. The molecule has 9 heterocycles. The van der Waals surface area contributed by atoms with E-state index in [0.29, 0.717) is 25.1 Å². The van der Waals surface area contributed by atoms with Crippen molar-refractivity contribution in [1.29, 1.82) is 0 Å². The summed E-state index contributed by atoms with van der Waals surface area (Å²) < 4.78 is 7.16. The molecule has 0 aliphatic carbocycles. The molecule has 0 radical (unpaired) electrons. The number of carbonyl (C=O) groups excluding carboxylic acids is 3. The van der Waals surface area contributed by atoms with Crippen molar-refractivity contribution < 1.29 is 24.4 Å². The third kappa shape index (κ3) is 10.5. The molecule has 0 atom stereocenters. The number of anilines is 3. The predicted octanol–water partition coefficient (Wildman–Crippen LogP) is 11.7. The van der Waals surface area contributed by atoms with Crippen molar-refractivity contribution in [3.8, 4) is 22.3 Å². The average molecular weight is 1140 g/mol. The zero-order chi connectivity index (χ0) is 56.6. The van der Waals surface area contributed by atoms with Crippen LogP contribution in [0.1, 0.15) is 47.8 Å². The summed E-state index contributed by atoms with van der Waals surface area (Å²) in [6.45, 7) is 1.85. The number of nitrogens with zero attached hydrogens (tertiary/aromatic N) is 9. The van der Waals surface area contributed by atoms with Gasteiger partial charge in [0, 0.05) is 148 Å². The fourth-order valence-corrected chi connectivity index (χ4v) is 11.1. The van der Waals surface area contributed by atoms with Crippen LogP contribution in [0.2, 0.25) is 0 Å². The number of hydrogen-bond acceptors (Lipinski definition) is 8. The standard InChI is InChI=1S/2C22H17N3O.C17H13BrN2O.C5H6BNO2/c2*1-24-10-8-15-6-7-19(12-21(15)24)25-14-18-5-4-16(11-20(18)22(25)26)17-3-2-9-23-13-17;1-19-7-6-11-3-5-14(9-16(11)19)20-10-12-2-4-13(18)8-15(12)17(20)21;8-6(9)5-2-1-3-7-4-5/h2*2-13H,14H2,1H3;2-9H,10H2,1H3;1-4,8-9H. The van der Waals surface area contributed by atoms with Gasteiger partial charge in [0.15, 0.2) is 0 Å². The Kier molecular flexibility index (Phi) is 14.5. The Morgan fingerprint density at radius 2 is 0.793 bits per heavy atom. The number of aryl methyl sites for hydroxylation is 3. The van der Waals surface area contributed by atoms with Gasteiger partial charge in [-0.2, -0.15) is 0 Å². The van der Waals surface area contributed by atoms with Crippen LogP contribution in [0.4, 0.5) is 17.1 Å². The lowest BCUT2D eigenvalue weighted by molar-refractivity contribution is 0.0989. The van der Waals surface area contributed by atoms with Gasteiger partial charge >= 0.3 is 7.12 Å². The molecule has 16 heteroatoms. The largest absolute Gasteiger partial charge is 0.490 e. The molecular weight excluding hydrogens is 1090 g/mol. The van der Waals surface area contributed by atoms with Crippen LogP contribution in [0.15, 0.2) is 224 Å². The number of fused-ring (bicyclic) bond motifs is 6. The molecule has 0 saturated heterocycles. The molecule has 2 N–H and O–H groups in total. The third-order valence-electron chi connectivity index (χ3n) is 15.2. The third-order valence-corrected chi connectivity index (χ3v) is 15.7. The van der Waals surface area contributed by atoms with Gasteiger partial charge < -0.3 is 38.4 Å². The number of pyridine rings is 3. The summed E-state index contributed by atoms with van der Waals surface area (Å²) in [5.74, 6) is 0.179. The molecule has 0 fully saturated rings. The summed E-state index contributed by atoms with van der Waals surface area (Å²) in [5, 5.41) is 20.6. The quantitative estimate of drug-likeness (QED) is 0.156. The molecule has 0 spiro atoms. The Bertz CT molecular complexity index is 4210. The summed E-state index contributed by atoms with van der Waals surface area (Å²) in [5.41, 5.74) is 16.2. The van der Waals surface area contributed by atoms with Crippen LogP contribution in [-0.4, -0.2) is 63.5 Å². The number of carbonyl (C=O) groups is 3. The Morgan fingerprint density at radius 1 is 0.415 bits per heavy atom. The molecule has 0 saturated carbocycles. The smallest absolute Gasteiger partial charge is 0.423 e. The molecule has 6 aromatic carbocycles. The van der Waals surface area contributed by atoms with Gasteiger partial charge in [-0.15, -0.1) is 0 Å². The first-order chi connectivity index (χ1) is 39.8. The van der Waals surface area contributed by atoms with Gasteiger partial charge in [0.25, 0.3) is 17.7 Å². The topological polar surface area (TPSA) is 155 Å². The van der Waals surface area contributed by atoms with E-state index in [1.165, 1.54) is 22.4 Å². The number of hydrogen-bond donors (Lipinski definition) is 2. The van der Waals surface area contributed by atoms with Gasteiger partial charge in [-0.25, -0.2) is 0 Å². The molecule has 6 aromatic heterocycles. The predicted molar refractivity (Wildman–Crippen MR) is 328 cm³/mol. The molecular formula is C66H53BBrN9O5. The number of rotatable bonds is 6. The summed E-state index contributed by atoms with van der Waals surface area (Å²) in [6, 6.07) is 53.9. The van der Waals surface area contributed by atoms with Gasteiger partial charge in [-0.1, -0.05) is 82.7 Å². The highest BCUT2D eigenvalue weighted by atomic mass is 79.9. The fourth-order valence-electron chi connectivity index (χ4n) is 10.7. The molecule has 0 unspecified atom stereocenters. The highest BCUT2D eigenvalue weighted by molar-refractivity contribution is 9.10. The molecule has 3 aliphatic heterocycles. The zero-order valence-corrected chi connectivity index (χ0v) is 46.6. The minimum Gasteiger partial charge on any atom is -0.423 e. The lowest BCUT2D eigenvalue weighted by Crippen LogP contribution is -2.29. The lowest BCUT2D eigenvalue weighted by atomic mass is 9.82. The second kappa shape index (κ2) is 22.4. The molecule has 3 amide bonds. The molecule has 15 rings (SSSR count). The van der Waals surface area contributed by atoms with Gasteiger partial charge in [0.2, 0.25) is 0 Å². The van der Waals surface area contributed by atoms with E-state index < -0.39 is 7.12 Å². The Balaban J connectivity index is 0.000000114. The summed E-state index contributed by atoms with van der Waals surface area (Å²) >= 11 is 3.43. The van der Waals surface area contributed by atoms with Crippen molar-refractivity contribution in [1.82, 2.24) is 28.7 Å². The van der Waals surface area contributed by atoms with Gasteiger partial charge in [0.05, 0.1) is 19.6 Å². The summed E-state index contributed by atoms with van der Waals surface area (Å²) in [4.78, 5) is 56.3. The van der Waals surface area contributed by atoms with Crippen LogP contribution >= 0.6 is 15.9 Å². The minimum absolute atomic E-state index is 0.0549. The van der Waals surface area contributed by atoms with E-state index in [1.807, 2.05) is 140 Å². The van der Waals surface area contributed by atoms with E-state index in [-0.39, 0.29) is 17.7 Å². The maximum absolute atomic E-state index is 13.0. The van der Waals surface area contributed by atoms with E-state index in [0.717, 1.165) is 93.7 Å². The first-order valence-electron chi connectivity index (χ1n) is 26.6. The van der Waals surface area contributed by atoms with E-state index in [2.05, 4.69) is 123 Å². The maximum Gasteiger partial charge on any atom is 0.490 e. The summed E-state index contributed by atoms with van der Waals surface area (Å²) in [7, 11) is 4.66. The lowest BCUT2D eigenvalue weighted by Gasteiger charge is -2.16. The second-order valence-electron chi connectivity index (χ2n) is 20.4. The van der Waals surface area contributed by atoms with Crippen LogP contribution in [0.25, 0.3) is 55.0 Å². The Labute approximate surface area is 481 Å². The van der Waals surface area contributed by atoms with Crippen molar-refractivity contribution in [2.24, 2.45) is 21.1 Å². The van der Waals surface area contributed by atoms with Gasteiger partial charge in [0.1, 0.15) is 0 Å². The summed E-state index contributed by atoms with van der Waals surface area (Å²) in [6.07, 6.45) is 16.2. The van der Waals surface area contributed by atoms with Gasteiger partial charge in [-0.3, -0.25) is 29.3 Å². The van der Waals surface area contributed by atoms with E-state index in [9.17, 15) is 14.4 Å². The Hall–Kier alpha value is -9.74. The van der Waals surface area contributed by atoms with Crippen LogP contribution in [-0.2, 0) is 40.8 Å². The molecule has 3 aliphatic rings. The average Bonchev–Trinajstić information content (AvgIpc) is 4.57. The highest BCUT2D eigenvalue weighted by Crippen LogP contribution is 2.36. The van der Waals surface area contributed by atoms with Crippen molar-refractivity contribution >= 4 is 96.0 Å². The van der Waals surface area contributed by atoms with Crippen molar-refractivity contribution in [2.45, 2.75) is 19.6 Å². The van der Waals surface area contributed by atoms with Crippen LogP contribution in [0.3, 0.4) is 0 Å². The first-order valence-corrected chi connectivity index (χ1v) is 27.4. The fraction of sp³-hybridized carbons (Fsp3) is 0.0909. The van der Waals surface area contributed by atoms with Crippen molar-refractivity contribution in [3.05, 3.63) is 257 Å². The molecule has 402 valence electrons. The number of benzene rings is 6. The van der Waals surface area contributed by atoms with Gasteiger partial charge in [-0.05, 0) is 141 Å². The van der Waals surface area contributed by atoms with Crippen LogP contribution < -0.4 is 20.2 Å². The molecule has 82 heavy (non-hydrogen) atoms. The highest BCUT2D eigenvalue weighted by Gasteiger charge is 2.32. The zero-order valence-electron chi connectivity index (χ0n) is 45.0. The van der Waals surface area contributed by atoms with Crippen molar-refractivity contribution in [3.63, 3.8) is 0 Å². The molecule has 0 bridgehead atoms. The maximum atomic E-state index is 13.0. The minimum atomic E-state index is -1.40. The molecule has 12 aromatic rings. The first kappa shape index (κ1) is 52.9. The normalized spacial score (nSPS) is 13.1. The number of amides is 3. The monoisotopic (exact) mass is 1140 g/mol. The SMILES string of the molecule is Cn1ccc2ccc(N3Cc4ccc(-c5cccnc5)cc4C3=O)cc21.Cn1ccc2ccc(N3Cc4ccc(-c5cccnc5)cc4C3=O)cc21.Cn1ccc2ccc(N3Cc4ccc(Br)cc4C3=O)cc21.OB(O)c1cccnc1. The Morgan fingerprint density at radius 3 is 1.15 bits per heavy atom. The number of halogens is 1. The van der Waals surface area contributed by atoms with E-state index >= 15 is 0 Å². The van der Waals surface area contributed by atoms with Crippen LogP contribution in [0.5, 0.6) is 0 Å². The van der Waals surface area contributed by atoms with Crippen molar-refractivity contribution in [2.75, 3.05) is 14.7 Å². The van der Waals surface area contributed by atoms with Crippen LogP contribution in [0, 0.1) is 0 Å². The van der Waals surface area contributed by atoms with E-state index in [1.54, 1.807) is 30.7 Å². The second-order valence-corrected chi connectivity index (χ2v) is 21.3.